The highest BCUT2D eigenvalue weighted by Gasteiger charge is 2.32. The molecule has 1 fully saturated rings. The van der Waals surface area contributed by atoms with Gasteiger partial charge in [0.15, 0.2) is 0 Å². The van der Waals surface area contributed by atoms with E-state index in [9.17, 15) is 14.4 Å². The third-order valence-corrected chi connectivity index (χ3v) is 6.68. The summed E-state index contributed by atoms with van der Waals surface area (Å²) in [6.07, 6.45) is 0.771. The van der Waals surface area contributed by atoms with E-state index in [1.54, 1.807) is 4.90 Å². The maximum absolute atomic E-state index is 13.0. The van der Waals surface area contributed by atoms with Crippen LogP contribution in [0, 0.1) is 0 Å². The summed E-state index contributed by atoms with van der Waals surface area (Å²) in [4.78, 5) is 38.4. The second-order valence-corrected chi connectivity index (χ2v) is 9.07. The van der Waals surface area contributed by atoms with Crippen molar-refractivity contribution in [1.82, 2.24) is 10.2 Å². The molecule has 2 aromatic carbocycles. The van der Waals surface area contributed by atoms with Crippen molar-refractivity contribution in [3.05, 3.63) is 59.7 Å². The highest BCUT2D eigenvalue weighted by atomic mass is 16.5. The lowest BCUT2D eigenvalue weighted by Crippen LogP contribution is -2.51. The lowest BCUT2D eigenvalue weighted by molar-refractivity contribution is -0.146. The molecule has 4 rings (SSSR count). The molecule has 1 aliphatic heterocycles. The monoisotopic (exact) mass is 480 g/mol. The number of morpholine rings is 1. The third kappa shape index (κ3) is 5.82. The van der Waals surface area contributed by atoms with E-state index in [1.165, 1.54) is 0 Å². The van der Waals surface area contributed by atoms with Crippen LogP contribution in [0.5, 0.6) is 0 Å². The summed E-state index contributed by atoms with van der Waals surface area (Å²) in [6.45, 7) is 3.12. The summed E-state index contributed by atoms with van der Waals surface area (Å²) in [5.41, 5.74) is 4.60. The van der Waals surface area contributed by atoms with E-state index in [0.29, 0.717) is 19.6 Å². The van der Waals surface area contributed by atoms with Crippen molar-refractivity contribution in [3.63, 3.8) is 0 Å². The number of nitrogens with one attached hydrogen (secondary N) is 1. The van der Waals surface area contributed by atoms with Crippen LogP contribution in [0.3, 0.4) is 0 Å². The van der Waals surface area contributed by atoms with Gasteiger partial charge in [-0.1, -0.05) is 61.9 Å². The number of hydrogen-bond acceptors (Lipinski definition) is 5. The van der Waals surface area contributed by atoms with E-state index in [-0.39, 0.29) is 37.9 Å². The van der Waals surface area contributed by atoms with Crippen LogP contribution in [0.2, 0.25) is 0 Å². The first kappa shape index (κ1) is 24.7. The molecule has 8 nitrogen and oxygen atoms in total. The number of amides is 2. The van der Waals surface area contributed by atoms with Crippen LogP contribution in [-0.2, 0) is 19.1 Å². The van der Waals surface area contributed by atoms with E-state index in [2.05, 4.69) is 29.6 Å². The Bertz CT molecular complexity index is 1030. The molecule has 1 saturated heterocycles. The first-order valence-electron chi connectivity index (χ1n) is 12.2. The number of aliphatic carboxylic acids is 1. The zero-order valence-corrected chi connectivity index (χ0v) is 19.9. The molecular weight excluding hydrogens is 448 g/mol. The normalized spacial score (nSPS) is 17.9. The first-order chi connectivity index (χ1) is 17.0. The number of benzene rings is 2. The number of carboxylic acids is 1. The molecule has 2 aliphatic rings. The molecule has 2 amide bonds. The van der Waals surface area contributed by atoms with Crippen molar-refractivity contribution in [2.45, 2.75) is 50.6 Å². The highest BCUT2D eigenvalue weighted by molar-refractivity contribution is 5.80. The number of fused-ring (bicyclic) bond motifs is 3. The minimum absolute atomic E-state index is 0.0375. The van der Waals surface area contributed by atoms with E-state index in [4.69, 9.17) is 14.6 Å². The molecule has 1 unspecified atom stereocenters. The molecule has 2 atom stereocenters. The topological polar surface area (TPSA) is 105 Å². The molecule has 0 bridgehead atoms. The first-order valence-corrected chi connectivity index (χ1v) is 12.2. The van der Waals surface area contributed by atoms with Gasteiger partial charge in [-0.2, -0.15) is 0 Å². The van der Waals surface area contributed by atoms with Crippen molar-refractivity contribution in [2.24, 2.45) is 0 Å². The molecule has 2 N–H and O–H groups in total. The number of hydrogen-bond donors (Lipinski definition) is 2. The van der Waals surface area contributed by atoms with Gasteiger partial charge in [0, 0.05) is 24.9 Å². The maximum atomic E-state index is 13.0. The van der Waals surface area contributed by atoms with Crippen LogP contribution in [-0.4, -0.2) is 66.4 Å². The van der Waals surface area contributed by atoms with Crippen molar-refractivity contribution in [2.75, 3.05) is 26.4 Å². The molecule has 0 aromatic heterocycles. The Balaban J connectivity index is 1.36. The molecule has 0 radical (unpaired) electrons. The van der Waals surface area contributed by atoms with Gasteiger partial charge < -0.3 is 24.8 Å². The van der Waals surface area contributed by atoms with Crippen LogP contribution in [0.1, 0.15) is 49.7 Å². The van der Waals surface area contributed by atoms with Crippen molar-refractivity contribution >= 4 is 18.0 Å². The molecule has 1 aliphatic carbocycles. The second-order valence-electron chi connectivity index (χ2n) is 9.07. The van der Waals surface area contributed by atoms with Crippen LogP contribution in [0.4, 0.5) is 4.79 Å². The molecule has 0 saturated carbocycles. The third-order valence-electron chi connectivity index (χ3n) is 6.68. The fraction of sp³-hybridized carbons (Fsp3) is 0.444. The van der Waals surface area contributed by atoms with Gasteiger partial charge in [0.2, 0.25) is 5.91 Å². The Kier molecular flexibility index (Phi) is 8.02. The number of ether oxygens (including phenoxy) is 2. The van der Waals surface area contributed by atoms with Gasteiger partial charge in [0.25, 0.3) is 0 Å². The molecule has 1 heterocycles. The van der Waals surface area contributed by atoms with Gasteiger partial charge >= 0.3 is 12.1 Å². The predicted octanol–water partition coefficient (Wildman–Crippen LogP) is 3.79. The fourth-order valence-electron chi connectivity index (χ4n) is 5.06. The van der Waals surface area contributed by atoms with Crippen molar-refractivity contribution < 1.29 is 29.0 Å². The summed E-state index contributed by atoms with van der Waals surface area (Å²) < 4.78 is 11.0. The second kappa shape index (κ2) is 11.4. The number of rotatable bonds is 9. The zero-order chi connectivity index (χ0) is 24.8. The molecule has 2 aromatic rings. The van der Waals surface area contributed by atoms with Gasteiger partial charge in [0.1, 0.15) is 6.61 Å². The number of carbonyl (C=O) groups is 3. The summed E-state index contributed by atoms with van der Waals surface area (Å²) in [6, 6.07) is 15.4. The minimum Gasteiger partial charge on any atom is -0.481 e. The molecular formula is C27H32N2O6. The Labute approximate surface area is 205 Å². The van der Waals surface area contributed by atoms with Crippen molar-refractivity contribution in [1.29, 1.82) is 0 Å². The van der Waals surface area contributed by atoms with Gasteiger partial charge in [-0.05, 0) is 28.7 Å². The average Bonchev–Trinajstić information content (AvgIpc) is 3.16. The van der Waals surface area contributed by atoms with Crippen LogP contribution in [0.25, 0.3) is 11.1 Å². The smallest absolute Gasteiger partial charge is 0.407 e. The molecule has 35 heavy (non-hydrogen) atoms. The molecule has 8 heteroatoms. The Morgan fingerprint density at radius 3 is 2.40 bits per heavy atom. The standard InChI is InChI=1S/C27H32N2O6/c1-2-7-18(14-25(30)29-12-13-34-16-19(29)15-26(31)32)28-27(33)35-17-24-22-10-5-3-8-20(22)21-9-4-6-11-23(21)24/h3-6,8-11,18-19,24H,2,7,12-17H2,1H3,(H,28,33)(H,31,32)/t18-,19?/m0/s1. The van der Waals surface area contributed by atoms with Gasteiger partial charge in [0.05, 0.1) is 25.7 Å². The number of carbonyl (C=O) groups excluding carboxylic acids is 2. The number of alkyl carbamates (subject to hydrolysis) is 1. The largest absolute Gasteiger partial charge is 0.481 e. The Hall–Kier alpha value is -3.39. The Morgan fingerprint density at radius 1 is 1.11 bits per heavy atom. The van der Waals surface area contributed by atoms with Gasteiger partial charge in [-0.3, -0.25) is 9.59 Å². The number of carboxylic acid groups (broad SMARTS) is 1. The zero-order valence-electron chi connectivity index (χ0n) is 19.9. The summed E-state index contributed by atoms with van der Waals surface area (Å²) in [7, 11) is 0. The highest BCUT2D eigenvalue weighted by Crippen LogP contribution is 2.44. The number of nitrogens with zero attached hydrogens (tertiary/aromatic N) is 1. The lowest BCUT2D eigenvalue weighted by atomic mass is 9.98. The molecule has 186 valence electrons. The van der Waals surface area contributed by atoms with Gasteiger partial charge in [-0.15, -0.1) is 0 Å². The van der Waals surface area contributed by atoms with E-state index < -0.39 is 24.1 Å². The lowest BCUT2D eigenvalue weighted by Gasteiger charge is -2.35. The Morgan fingerprint density at radius 2 is 1.77 bits per heavy atom. The molecule has 0 spiro atoms. The van der Waals surface area contributed by atoms with Crippen LogP contribution < -0.4 is 5.32 Å². The minimum atomic E-state index is -0.972. The van der Waals surface area contributed by atoms with E-state index in [0.717, 1.165) is 28.7 Å². The fourth-order valence-corrected chi connectivity index (χ4v) is 5.06. The van der Waals surface area contributed by atoms with Crippen molar-refractivity contribution in [3.8, 4) is 11.1 Å². The van der Waals surface area contributed by atoms with E-state index in [1.807, 2.05) is 31.2 Å². The average molecular weight is 481 g/mol. The quantitative estimate of drug-likeness (QED) is 0.566. The SMILES string of the molecule is CCC[C@@H](CC(=O)N1CCOCC1CC(=O)O)NC(=O)OCC1c2ccccc2-c2ccccc21. The summed E-state index contributed by atoms with van der Waals surface area (Å²) in [5.74, 6) is -1.19. The van der Waals surface area contributed by atoms with E-state index >= 15 is 0 Å². The van der Waals surface area contributed by atoms with Crippen LogP contribution >= 0.6 is 0 Å². The predicted molar refractivity (Wildman–Crippen MR) is 130 cm³/mol. The summed E-state index contributed by atoms with van der Waals surface area (Å²) in [5, 5.41) is 12.0. The van der Waals surface area contributed by atoms with Gasteiger partial charge in [-0.25, -0.2) is 4.79 Å². The summed E-state index contributed by atoms with van der Waals surface area (Å²) >= 11 is 0. The van der Waals surface area contributed by atoms with Crippen LogP contribution in [0.15, 0.2) is 48.5 Å². The maximum Gasteiger partial charge on any atom is 0.407 e.